The van der Waals surface area contributed by atoms with Gasteiger partial charge < -0.3 is 0 Å². The summed E-state index contributed by atoms with van der Waals surface area (Å²) in [5.74, 6) is -3.08. The molecule has 0 saturated carbocycles. The summed E-state index contributed by atoms with van der Waals surface area (Å²) in [4.78, 5) is 7.67. The number of hydrogen-bond acceptors (Lipinski definition) is 2. The molecule has 0 N–H and O–H groups in total. The van der Waals surface area contributed by atoms with Crippen molar-refractivity contribution in [3.8, 4) is 0 Å². The first-order valence-electron chi connectivity index (χ1n) is 4.29. The lowest BCUT2D eigenvalue weighted by Gasteiger charge is -2.11. The van der Waals surface area contributed by atoms with Crippen molar-refractivity contribution in [3.63, 3.8) is 0 Å². The summed E-state index contributed by atoms with van der Waals surface area (Å²) in [6.07, 6.45) is 0. The summed E-state index contributed by atoms with van der Waals surface area (Å²) >= 11 is 5.63. The molecule has 0 amide bonds. The SMILES string of the molecule is CC(F)(F)c1nc2ccccc2nc1Cl. The summed E-state index contributed by atoms with van der Waals surface area (Å²) < 4.78 is 26.1. The van der Waals surface area contributed by atoms with E-state index in [1.807, 2.05) is 0 Å². The first-order valence-corrected chi connectivity index (χ1v) is 4.67. The second-order valence-corrected chi connectivity index (χ2v) is 3.60. The van der Waals surface area contributed by atoms with Crippen molar-refractivity contribution in [1.29, 1.82) is 0 Å². The molecule has 5 heteroatoms. The van der Waals surface area contributed by atoms with Crippen molar-refractivity contribution >= 4 is 22.6 Å². The smallest absolute Gasteiger partial charge is 0.242 e. The van der Waals surface area contributed by atoms with Crippen molar-refractivity contribution in [2.24, 2.45) is 0 Å². The number of nitrogens with zero attached hydrogens (tertiary/aromatic N) is 2. The number of halogens is 3. The molecule has 0 aliphatic rings. The lowest BCUT2D eigenvalue weighted by molar-refractivity contribution is 0.0129. The zero-order chi connectivity index (χ0) is 11.1. The van der Waals surface area contributed by atoms with Crippen LogP contribution in [-0.4, -0.2) is 9.97 Å². The van der Waals surface area contributed by atoms with E-state index in [2.05, 4.69) is 9.97 Å². The van der Waals surface area contributed by atoms with Gasteiger partial charge >= 0.3 is 0 Å². The molecule has 0 fully saturated rings. The molecule has 0 atom stereocenters. The Kier molecular flexibility index (Phi) is 2.31. The fraction of sp³-hybridized carbons (Fsp3) is 0.200. The molecule has 0 aliphatic carbocycles. The highest BCUT2D eigenvalue weighted by Gasteiger charge is 2.30. The maximum Gasteiger partial charge on any atom is 0.290 e. The van der Waals surface area contributed by atoms with E-state index in [0.29, 0.717) is 11.0 Å². The molecule has 78 valence electrons. The number of para-hydroxylation sites is 2. The number of aromatic nitrogens is 2. The number of benzene rings is 1. The molecule has 1 aromatic heterocycles. The largest absolute Gasteiger partial charge is 0.290 e. The lowest BCUT2D eigenvalue weighted by atomic mass is 10.2. The zero-order valence-corrected chi connectivity index (χ0v) is 8.59. The van der Waals surface area contributed by atoms with Gasteiger partial charge in [0, 0.05) is 6.92 Å². The maximum atomic E-state index is 13.1. The van der Waals surface area contributed by atoms with Gasteiger partial charge in [0.25, 0.3) is 5.92 Å². The minimum atomic E-state index is -3.08. The van der Waals surface area contributed by atoms with E-state index in [-0.39, 0.29) is 5.15 Å². The third-order valence-corrected chi connectivity index (χ3v) is 2.21. The topological polar surface area (TPSA) is 25.8 Å². The van der Waals surface area contributed by atoms with Crippen molar-refractivity contribution in [1.82, 2.24) is 9.97 Å². The second kappa shape index (κ2) is 3.38. The molecule has 0 aliphatic heterocycles. The van der Waals surface area contributed by atoms with Crippen molar-refractivity contribution in [2.45, 2.75) is 12.8 Å². The van der Waals surface area contributed by atoms with Gasteiger partial charge in [-0.25, -0.2) is 9.97 Å². The van der Waals surface area contributed by atoms with Crippen LogP contribution in [0.2, 0.25) is 5.15 Å². The van der Waals surface area contributed by atoms with Gasteiger partial charge in [0.1, 0.15) is 5.69 Å². The third kappa shape index (κ3) is 1.90. The van der Waals surface area contributed by atoms with Gasteiger partial charge in [0.15, 0.2) is 5.15 Å². The van der Waals surface area contributed by atoms with Crippen LogP contribution in [0.25, 0.3) is 11.0 Å². The molecule has 0 spiro atoms. The van der Waals surface area contributed by atoms with Gasteiger partial charge in [-0.15, -0.1) is 0 Å². The highest BCUT2D eigenvalue weighted by Crippen LogP contribution is 2.31. The predicted molar refractivity (Wildman–Crippen MR) is 54.1 cm³/mol. The van der Waals surface area contributed by atoms with Gasteiger partial charge in [-0.05, 0) is 12.1 Å². The van der Waals surface area contributed by atoms with Gasteiger partial charge in [0.05, 0.1) is 11.0 Å². The van der Waals surface area contributed by atoms with Crippen LogP contribution in [0, 0.1) is 0 Å². The molecule has 2 aromatic rings. The molecule has 2 nitrogen and oxygen atoms in total. The van der Waals surface area contributed by atoms with Crippen LogP contribution < -0.4 is 0 Å². The van der Waals surface area contributed by atoms with E-state index in [4.69, 9.17) is 11.6 Å². The van der Waals surface area contributed by atoms with Gasteiger partial charge in [-0.1, -0.05) is 23.7 Å². The fourth-order valence-corrected chi connectivity index (χ4v) is 1.56. The number of hydrogen-bond donors (Lipinski definition) is 0. The van der Waals surface area contributed by atoms with Gasteiger partial charge in [-0.2, -0.15) is 8.78 Å². The van der Waals surface area contributed by atoms with Crippen LogP contribution in [0.3, 0.4) is 0 Å². The molecule has 1 aromatic carbocycles. The lowest BCUT2D eigenvalue weighted by Crippen LogP contribution is -2.11. The van der Waals surface area contributed by atoms with Crippen LogP contribution in [0.1, 0.15) is 12.6 Å². The van der Waals surface area contributed by atoms with Crippen molar-refractivity contribution in [3.05, 3.63) is 35.1 Å². The first-order chi connectivity index (χ1) is 6.98. The molecular weight excluding hydrogens is 222 g/mol. The van der Waals surface area contributed by atoms with E-state index in [9.17, 15) is 8.78 Å². The Morgan fingerprint density at radius 3 is 2.20 bits per heavy atom. The number of fused-ring (bicyclic) bond motifs is 1. The van der Waals surface area contributed by atoms with E-state index in [0.717, 1.165) is 6.92 Å². The zero-order valence-electron chi connectivity index (χ0n) is 7.84. The molecule has 0 radical (unpaired) electrons. The fourth-order valence-electron chi connectivity index (χ4n) is 1.26. The van der Waals surface area contributed by atoms with Gasteiger partial charge in [-0.3, -0.25) is 0 Å². The Balaban J connectivity index is 2.73. The Hall–Kier alpha value is -1.29. The molecule has 15 heavy (non-hydrogen) atoms. The van der Waals surface area contributed by atoms with Crippen LogP contribution in [0.15, 0.2) is 24.3 Å². The Morgan fingerprint density at radius 2 is 1.67 bits per heavy atom. The predicted octanol–water partition coefficient (Wildman–Crippen LogP) is 3.39. The molecule has 1 heterocycles. The normalized spacial score (nSPS) is 12.0. The van der Waals surface area contributed by atoms with Crippen molar-refractivity contribution in [2.75, 3.05) is 0 Å². The molecule has 0 saturated heterocycles. The summed E-state index contributed by atoms with van der Waals surface area (Å²) in [7, 11) is 0. The maximum absolute atomic E-state index is 13.1. The number of rotatable bonds is 1. The average Bonchev–Trinajstić information content (AvgIpc) is 2.15. The highest BCUT2D eigenvalue weighted by atomic mass is 35.5. The summed E-state index contributed by atoms with van der Waals surface area (Å²) in [6.45, 7) is 0.748. The Bertz CT molecular complexity index is 508. The minimum Gasteiger partial charge on any atom is -0.242 e. The second-order valence-electron chi connectivity index (χ2n) is 3.24. The highest BCUT2D eigenvalue weighted by molar-refractivity contribution is 6.30. The Labute approximate surface area is 89.9 Å². The van der Waals surface area contributed by atoms with Gasteiger partial charge in [0.2, 0.25) is 0 Å². The quantitative estimate of drug-likeness (QED) is 0.748. The summed E-state index contributed by atoms with van der Waals surface area (Å²) in [5, 5.41) is -0.249. The number of alkyl halides is 2. The minimum absolute atomic E-state index is 0.249. The first kappa shape index (κ1) is 10.2. The molecular formula is C10H7ClF2N2. The van der Waals surface area contributed by atoms with Crippen LogP contribution >= 0.6 is 11.6 Å². The monoisotopic (exact) mass is 228 g/mol. The molecule has 2 rings (SSSR count). The van der Waals surface area contributed by atoms with Crippen molar-refractivity contribution < 1.29 is 8.78 Å². The average molecular weight is 229 g/mol. The molecule has 0 unspecified atom stereocenters. The van der Waals surface area contributed by atoms with E-state index < -0.39 is 11.6 Å². The van der Waals surface area contributed by atoms with Crippen LogP contribution in [0.5, 0.6) is 0 Å². The summed E-state index contributed by atoms with van der Waals surface area (Å²) in [5.41, 5.74) is 0.441. The van der Waals surface area contributed by atoms with E-state index >= 15 is 0 Å². The third-order valence-electron chi connectivity index (χ3n) is 1.94. The van der Waals surface area contributed by atoms with E-state index in [1.165, 1.54) is 0 Å². The standard InChI is InChI=1S/C10H7ClF2N2/c1-10(12,13)8-9(11)15-7-5-3-2-4-6(7)14-8/h2-5H,1H3. The van der Waals surface area contributed by atoms with E-state index in [1.54, 1.807) is 24.3 Å². The van der Waals surface area contributed by atoms with Crippen LogP contribution in [-0.2, 0) is 5.92 Å². The molecule has 0 bridgehead atoms. The van der Waals surface area contributed by atoms with Crippen LogP contribution in [0.4, 0.5) is 8.78 Å². The summed E-state index contributed by atoms with van der Waals surface area (Å²) in [6, 6.07) is 6.75. The Morgan fingerprint density at radius 1 is 1.13 bits per heavy atom.